The second-order valence-corrected chi connectivity index (χ2v) is 4.09. The van der Waals surface area contributed by atoms with Crippen LogP contribution in [0.2, 0.25) is 0 Å². The van der Waals surface area contributed by atoms with E-state index in [9.17, 15) is 4.79 Å². The van der Waals surface area contributed by atoms with E-state index in [1.54, 1.807) is 6.92 Å². The summed E-state index contributed by atoms with van der Waals surface area (Å²) >= 11 is 0. The Balaban J connectivity index is 2.34. The van der Waals surface area contributed by atoms with Gasteiger partial charge in [0.25, 0.3) is 0 Å². The lowest BCUT2D eigenvalue weighted by atomic mass is 9.91. The standard InChI is InChI=1S/C10H20N2O2/c1-7(13)6-12-10(14)9-4-3-5-11-8(9)2/h7-9,11,13H,3-6H2,1-2H3,(H,12,14)/t7-,8?,9?/m1/s1. The minimum Gasteiger partial charge on any atom is -0.392 e. The molecule has 14 heavy (non-hydrogen) atoms. The molecule has 1 aliphatic rings. The van der Waals surface area contributed by atoms with E-state index in [0.717, 1.165) is 19.4 Å². The van der Waals surface area contributed by atoms with Gasteiger partial charge in [0, 0.05) is 12.6 Å². The number of hydrogen-bond acceptors (Lipinski definition) is 3. The van der Waals surface area contributed by atoms with E-state index in [4.69, 9.17) is 5.11 Å². The van der Waals surface area contributed by atoms with E-state index >= 15 is 0 Å². The Morgan fingerprint density at radius 3 is 3.00 bits per heavy atom. The van der Waals surface area contributed by atoms with Gasteiger partial charge in [-0.1, -0.05) is 0 Å². The fourth-order valence-electron chi connectivity index (χ4n) is 1.78. The number of carbonyl (C=O) groups is 1. The van der Waals surface area contributed by atoms with Crippen LogP contribution in [0.1, 0.15) is 26.7 Å². The molecular formula is C10H20N2O2. The maximum Gasteiger partial charge on any atom is 0.224 e. The molecule has 3 N–H and O–H groups in total. The first-order valence-electron chi connectivity index (χ1n) is 5.30. The minimum absolute atomic E-state index is 0.0579. The van der Waals surface area contributed by atoms with Crippen LogP contribution in [0.25, 0.3) is 0 Å². The highest BCUT2D eigenvalue weighted by molar-refractivity contribution is 5.79. The quantitative estimate of drug-likeness (QED) is 0.595. The van der Waals surface area contributed by atoms with Crippen LogP contribution in [-0.2, 0) is 4.79 Å². The largest absolute Gasteiger partial charge is 0.392 e. The van der Waals surface area contributed by atoms with Crippen LogP contribution in [0.3, 0.4) is 0 Å². The van der Waals surface area contributed by atoms with Crippen molar-refractivity contribution < 1.29 is 9.90 Å². The fourth-order valence-corrected chi connectivity index (χ4v) is 1.78. The molecule has 0 bridgehead atoms. The van der Waals surface area contributed by atoms with Gasteiger partial charge >= 0.3 is 0 Å². The molecule has 0 aliphatic carbocycles. The number of hydrogen-bond donors (Lipinski definition) is 3. The van der Waals surface area contributed by atoms with Gasteiger partial charge in [-0.25, -0.2) is 0 Å². The topological polar surface area (TPSA) is 61.4 Å². The summed E-state index contributed by atoms with van der Waals surface area (Å²) in [5.74, 6) is 0.119. The van der Waals surface area contributed by atoms with Crippen LogP contribution < -0.4 is 10.6 Å². The average molecular weight is 200 g/mol. The van der Waals surface area contributed by atoms with Gasteiger partial charge in [0.1, 0.15) is 0 Å². The molecule has 3 atom stereocenters. The Hall–Kier alpha value is -0.610. The van der Waals surface area contributed by atoms with Crippen molar-refractivity contribution in [2.45, 2.75) is 38.8 Å². The molecule has 4 heteroatoms. The predicted molar refractivity (Wildman–Crippen MR) is 54.9 cm³/mol. The molecule has 4 nitrogen and oxygen atoms in total. The molecule has 0 spiro atoms. The van der Waals surface area contributed by atoms with Crippen molar-refractivity contribution in [2.24, 2.45) is 5.92 Å². The lowest BCUT2D eigenvalue weighted by Crippen LogP contribution is -2.47. The highest BCUT2D eigenvalue weighted by atomic mass is 16.3. The van der Waals surface area contributed by atoms with Crippen molar-refractivity contribution in [2.75, 3.05) is 13.1 Å². The predicted octanol–water partition coefficient (Wildman–Crippen LogP) is -0.128. The third-order valence-corrected chi connectivity index (χ3v) is 2.67. The van der Waals surface area contributed by atoms with Crippen molar-refractivity contribution in [1.82, 2.24) is 10.6 Å². The zero-order chi connectivity index (χ0) is 10.6. The molecule has 1 amide bonds. The third-order valence-electron chi connectivity index (χ3n) is 2.67. The Kier molecular flexibility index (Phi) is 4.35. The second kappa shape index (κ2) is 5.32. The minimum atomic E-state index is -0.467. The molecule has 1 fully saturated rings. The number of carbonyl (C=O) groups excluding carboxylic acids is 1. The molecule has 0 saturated carbocycles. The molecule has 0 aromatic carbocycles. The zero-order valence-electron chi connectivity index (χ0n) is 8.92. The Morgan fingerprint density at radius 2 is 2.43 bits per heavy atom. The van der Waals surface area contributed by atoms with Gasteiger partial charge in [0.15, 0.2) is 0 Å². The third kappa shape index (κ3) is 3.27. The van der Waals surface area contributed by atoms with E-state index in [0.29, 0.717) is 6.54 Å². The maximum atomic E-state index is 11.7. The normalized spacial score (nSPS) is 29.6. The van der Waals surface area contributed by atoms with Gasteiger partial charge in [0.05, 0.1) is 12.0 Å². The summed E-state index contributed by atoms with van der Waals surface area (Å²) in [5, 5.41) is 15.1. The monoisotopic (exact) mass is 200 g/mol. The first-order valence-corrected chi connectivity index (χ1v) is 5.30. The first-order chi connectivity index (χ1) is 6.61. The van der Waals surface area contributed by atoms with Crippen molar-refractivity contribution in [1.29, 1.82) is 0 Å². The summed E-state index contributed by atoms with van der Waals surface area (Å²) in [4.78, 5) is 11.7. The second-order valence-electron chi connectivity index (χ2n) is 4.09. The number of rotatable bonds is 3. The summed E-state index contributed by atoms with van der Waals surface area (Å²) in [5.41, 5.74) is 0. The maximum absolute atomic E-state index is 11.7. The molecular weight excluding hydrogens is 180 g/mol. The lowest BCUT2D eigenvalue weighted by Gasteiger charge is -2.29. The molecule has 0 aromatic heterocycles. The SMILES string of the molecule is CC1NCCCC1C(=O)NC[C@@H](C)O. The molecule has 1 rings (SSSR count). The summed E-state index contributed by atoms with van der Waals surface area (Å²) < 4.78 is 0. The highest BCUT2D eigenvalue weighted by Crippen LogP contribution is 2.15. The van der Waals surface area contributed by atoms with Crippen LogP contribution in [0.4, 0.5) is 0 Å². The zero-order valence-corrected chi connectivity index (χ0v) is 8.92. The van der Waals surface area contributed by atoms with Gasteiger partial charge in [-0.05, 0) is 33.2 Å². The highest BCUT2D eigenvalue weighted by Gasteiger charge is 2.27. The van der Waals surface area contributed by atoms with Crippen molar-refractivity contribution >= 4 is 5.91 Å². The van der Waals surface area contributed by atoms with Crippen molar-refractivity contribution in [3.05, 3.63) is 0 Å². The Morgan fingerprint density at radius 1 is 1.71 bits per heavy atom. The lowest BCUT2D eigenvalue weighted by molar-refractivity contribution is -0.126. The Bertz CT molecular complexity index is 195. The number of aliphatic hydroxyl groups excluding tert-OH is 1. The van der Waals surface area contributed by atoms with Crippen LogP contribution in [0.15, 0.2) is 0 Å². The Labute approximate surface area is 85.1 Å². The van der Waals surface area contributed by atoms with E-state index in [1.807, 2.05) is 6.92 Å². The average Bonchev–Trinajstić information content (AvgIpc) is 2.15. The van der Waals surface area contributed by atoms with Gasteiger partial charge in [0.2, 0.25) is 5.91 Å². The first kappa shape index (κ1) is 11.5. The molecule has 0 aromatic rings. The molecule has 1 heterocycles. The number of aliphatic hydroxyl groups is 1. The van der Waals surface area contributed by atoms with Gasteiger partial charge < -0.3 is 15.7 Å². The van der Waals surface area contributed by atoms with Gasteiger partial charge in [-0.15, -0.1) is 0 Å². The summed E-state index contributed by atoms with van der Waals surface area (Å²) in [6.45, 7) is 5.05. The summed E-state index contributed by atoms with van der Waals surface area (Å²) in [7, 11) is 0. The van der Waals surface area contributed by atoms with Gasteiger partial charge in [-0.3, -0.25) is 4.79 Å². The van der Waals surface area contributed by atoms with Crippen molar-refractivity contribution in [3.8, 4) is 0 Å². The molecule has 1 aliphatic heterocycles. The number of piperidine rings is 1. The summed E-state index contributed by atoms with van der Waals surface area (Å²) in [6.07, 6.45) is 1.53. The smallest absolute Gasteiger partial charge is 0.224 e. The molecule has 2 unspecified atom stereocenters. The van der Waals surface area contributed by atoms with E-state index in [2.05, 4.69) is 10.6 Å². The fraction of sp³-hybridized carbons (Fsp3) is 0.900. The number of amides is 1. The van der Waals surface area contributed by atoms with E-state index < -0.39 is 6.10 Å². The molecule has 1 saturated heterocycles. The molecule has 0 radical (unpaired) electrons. The van der Waals surface area contributed by atoms with Crippen LogP contribution in [0, 0.1) is 5.92 Å². The number of nitrogens with one attached hydrogen (secondary N) is 2. The van der Waals surface area contributed by atoms with E-state index in [1.165, 1.54) is 0 Å². The summed E-state index contributed by atoms with van der Waals surface area (Å²) in [6, 6.07) is 0.248. The molecule has 82 valence electrons. The van der Waals surface area contributed by atoms with E-state index in [-0.39, 0.29) is 17.9 Å². The van der Waals surface area contributed by atoms with Crippen LogP contribution in [0.5, 0.6) is 0 Å². The van der Waals surface area contributed by atoms with Gasteiger partial charge in [-0.2, -0.15) is 0 Å². The van der Waals surface area contributed by atoms with Crippen LogP contribution in [-0.4, -0.2) is 36.2 Å². The van der Waals surface area contributed by atoms with Crippen LogP contribution >= 0.6 is 0 Å². The van der Waals surface area contributed by atoms with Crippen molar-refractivity contribution in [3.63, 3.8) is 0 Å².